The molecule has 0 bridgehead atoms. The summed E-state index contributed by atoms with van der Waals surface area (Å²) in [6, 6.07) is -0.381. The van der Waals surface area contributed by atoms with Gasteiger partial charge in [0, 0.05) is 6.54 Å². The summed E-state index contributed by atoms with van der Waals surface area (Å²) in [6.07, 6.45) is 5.33. The summed E-state index contributed by atoms with van der Waals surface area (Å²) in [4.78, 5) is 26.4. The molecule has 2 saturated heterocycles. The van der Waals surface area contributed by atoms with Gasteiger partial charge >= 0.3 is 5.97 Å². The minimum Gasteiger partial charge on any atom is -0.467 e. The number of rotatable bonds is 4. The topological polar surface area (TPSA) is 58.6 Å². The second kappa shape index (κ2) is 5.90. The number of nitrogens with one attached hydrogen (secondary N) is 1. The first kappa shape index (κ1) is 14.3. The van der Waals surface area contributed by atoms with Crippen LogP contribution in [0.1, 0.15) is 45.4 Å². The fourth-order valence-corrected chi connectivity index (χ4v) is 3.40. The van der Waals surface area contributed by atoms with Gasteiger partial charge in [-0.1, -0.05) is 13.3 Å². The Hall–Kier alpha value is -1.10. The molecule has 2 atom stereocenters. The zero-order valence-electron chi connectivity index (χ0n) is 11.9. The summed E-state index contributed by atoms with van der Waals surface area (Å²) in [5.41, 5.74) is -0.439. The molecule has 0 aromatic carbocycles. The Morgan fingerprint density at radius 3 is 2.79 bits per heavy atom. The molecular weight excluding hydrogens is 244 g/mol. The monoisotopic (exact) mass is 268 g/mol. The van der Waals surface area contributed by atoms with Crippen molar-refractivity contribution in [2.24, 2.45) is 0 Å². The Morgan fingerprint density at radius 1 is 1.42 bits per heavy atom. The molecule has 5 nitrogen and oxygen atoms in total. The van der Waals surface area contributed by atoms with E-state index in [0.717, 1.165) is 45.1 Å². The summed E-state index contributed by atoms with van der Waals surface area (Å²) in [7, 11) is 1.39. The molecule has 5 heteroatoms. The van der Waals surface area contributed by atoms with E-state index in [9.17, 15) is 9.59 Å². The molecule has 2 aliphatic heterocycles. The van der Waals surface area contributed by atoms with E-state index >= 15 is 0 Å². The first-order chi connectivity index (χ1) is 9.14. The Morgan fingerprint density at radius 2 is 2.21 bits per heavy atom. The van der Waals surface area contributed by atoms with Gasteiger partial charge in [-0.3, -0.25) is 4.79 Å². The van der Waals surface area contributed by atoms with Crippen LogP contribution >= 0.6 is 0 Å². The van der Waals surface area contributed by atoms with Crippen LogP contribution in [0.2, 0.25) is 0 Å². The van der Waals surface area contributed by atoms with Crippen molar-refractivity contribution in [1.82, 2.24) is 10.2 Å². The SMILES string of the molecule is CCCC1(C(=O)N2CCCC2C(=O)OC)CCCN1. The fourth-order valence-electron chi connectivity index (χ4n) is 3.40. The van der Waals surface area contributed by atoms with Gasteiger partial charge in [0.1, 0.15) is 6.04 Å². The number of esters is 1. The van der Waals surface area contributed by atoms with E-state index in [2.05, 4.69) is 12.2 Å². The first-order valence-corrected chi connectivity index (χ1v) is 7.28. The number of ether oxygens (including phenoxy) is 1. The average molecular weight is 268 g/mol. The van der Waals surface area contributed by atoms with Crippen LogP contribution in [0.3, 0.4) is 0 Å². The number of nitrogens with zero attached hydrogens (tertiary/aromatic N) is 1. The second-order valence-corrected chi connectivity index (χ2v) is 5.54. The van der Waals surface area contributed by atoms with Crippen LogP contribution in [0.5, 0.6) is 0 Å². The van der Waals surface area contributed by atoms with E-state index in [1.165, 1.54) is 7.11 Å². The van der Waals surface area contributed by atoms with E-state index in [0.29, 0.717) is 6.54 Å². The molecule has 2 rings (SSSR count). The predicted octanol–water partition coefficient (Wildman–Crippen LogP) is 1.07. The van der Waals surface area contributed by atoms with Gasteiger partial charge in [-0.15, -0.1) is 0 Å². The van der Waals surface area contributed by atoms with Crippen LogP contribution in [0.15, 0.2) is 0 Å². The number of methoxy groups -OCH3 is 1. The molecule has 1 N–H and O–H groups in total. The summed E-state index contributed by atoms with van der Waals surface area (Å²) in [6.45, 7) is 3.66. The normalized spacial score (nSPS) is 30.6. The Bertz CT molecular complexity index is 351. The minimum absolute atomic E-state index is 0.0970. The third-order valence-corrected chi connectivity index (χ3v) is 4.32. The highest BCUT2D eigenvalue weighted by Gasteiger charge is 2.46. The quantitative estimate of drug-likeness (QED) is 0.775. The van der Waals surface area contributed by atoms with E-state index in [1.54, 1.807) is 4.90 Å². The highest BCUT2D eigenvalue weighted by atomic mass is 16.5. The summed E-state index contributed by atoms with van der Waals surface area (Å²) < 4.78 is 4.82. The number of hydrogen-bond acceptors (Lipinski definition) is 4. The number of likely N-dealkylation sites (tertiary alicyclic amines) is 1. The third kappa shape index (κ3) is 2.61. The molecule has 19 heavy (non-hydrogen) atoms. The molecule has 2 fully saturated rings. The Kier molecular flexibility index (Phi) is 4.45. The van der Waals surface area contributed by atoms with Crippen LogP contribution in [-0.2, 0) is 14.3 Å². The zero-order valence-corrected chi connectivity index (χ0v) is 11.9. The standard InChI is InChI=1S/C14H24N2O3/c1-3-7-14(8-5-9-15-14)13(18)16-10-4-6-11(16)12(17)19-2/h11,15H,3-10H2,1-2H3. The van der Waals surface area contributed by atoms with Crippen LogP contribution in [0.4, 0.5) is 0 Å². The summed E-state index contributed by atoms with van der Waals surface area (Å²) in [5.74, 6) is -0.185. The van der Waals surface area contributed by atoms with Gasteiger partial charge in [-0.25, -0.2) is 4.79 Å². The van der Waals surface area contributed by atoms with Gasteiger partial charge in [0.25, 0.3) is 0 Å². The molecule has 2 heterocycles. The molecule has 0 aliphatic carbocycles. The molecule has 0 aromatic heterocycles. The number of carbonyl (C=O) groups excluding carboxylic acids is 2. The molecule has 0 radical (unpaired) electrons. The van der Waals surface area contributed by atoms with Crippen LogP contribution < -0.4 is 5.32 Å². The van der Waals surface area contributed by atoms with Crippen molar-refractivity contribution in [3.05, 3.63) is 0 Å². The summed E-state index contributed by atoms with van der Waals surface area (Å²) >= 11 is 0. The maximum absolute atomic E-state index is 12.8. The van der Waals surface area contributed by atoms with Crippen LogP contribution in [0, 0.1) is 0 Å². The van der Waals surface area contributed by atoms with Gasteiger partial charge < -0.3 is 15.0 Å². The minimum atomic E-state index is -0.439. The zero-order chi connectivity index (χ0) is 13.9. The van der Waals surface area contributed by atoms with Crippen molar-refractivity contribution in [3.63, 3.8) is 0 Å². The lowest BCUT2D eigenvalue weighted by Gasteiger charge is -2.34. The van der Waals surface area contributed by atoms with Crippen LogP contribution in [0.25, 0.3) is 0 Å². The molecule has 2 unspecified atom stereocenters. The molecule has 0 spiro atoms. The fraction of sp³-hybridized carbons (Fsp3) is 0.857. The van der Waals surface area contributed by atoms with Crippen molar-refractivity contribution in [1.29, 1.82) is 0 Å². The van der Waals surface area contributed by atoms with Gasteiger partial charge in [0.2, 0.25) is 5.91 Å². The smallest absolute Gasteiger partial charge is 0.328 e. The van der Waals surface area contributed by atoms with Crippen molar-refractivity contribution in [3.8, 4) is 0 Å². The maximum Gasteiger partial charge on any atom is 0.328 e. The van der Waals surface area contributed by atoms with Crippen molar-refractivity contribution >= 4 is 11.9 Å². The molecule has 0 aromatic rings. The van der Waals surface area contributed by atoms with Crippen LogP contribution in [-0.4, -0.2) is 48.6 Å². The molecule has 0 saturated carbocycles. The van der Waals surface area contributed by atoms with E-state index in [1.807, 2.05) is 0 Å². The highest BCUT2D eigenvalue weighted by molar-refractivity contribution is 5.91. The third-order valence-electron chi connectivity index (χ3n) is 4.32. The number of carbonyl (C=O) groups is 2. The Balaban J connectivity index is 2.14. The van der Waals surface area contributed by atoms with Gasteiger partial charge in [-0.05, 0) is 38.6 Å². The largest absolute Gasteiger partial charge is 0.467 e. The summed E-state index contributed by atoms with van der Waals surface area (Å²) in [5, 5.41) is 3.38. The predicted molar refractivity (Wildman–Crippen MR) is 71.6 cm³/mol. The van der Waals surface area contributed by atoms with Gasteiger partial charge in [0.05, 0.1) is 12.6 Å². The number of hydrogen-bond donors (Lipinski definition) is 1. The Labute approximate surface area is 114 Å². The molecule has 1 amide bonds. The molecule has 108 valence electrons. The molecule has 2 aliphatic rings. The van der Waals surface area contributed by atoms with Crippen molar-refractivity contribution in [2.45, 2.75) is 57.0 Å². The highest BCUT2D eigenvalue weighted by Crippen LogP contribution is 2.30. The lowest BCUT2D eigenvalue weighted by atomic mass is 9.90. The first-order valence-electron chi connectivity index (χ1n) is 7.28. The van der Waals surface area contributed by atoms with E-state index in [-0.39, 0.29) is 17.9 Å². The van der Waals surface area contributed by atoms with E-state index in [4.69, 9.17) is 4.74 Å². The van der Waals surface area contributed by atoms with Crippen molar-refractivity contribution < 1.29 is 14.3 Å². The maximum atomic E-state index is 12.8. The lowest BCUT2D eigenvalue weighted by molar-refractivity contribution is -0.153. The average Bonchev–Trinajstić information content (AvgIpc) is 3.06. The van der Waals surface area contributed by atoms with Gasteiger partial charge in [0.15, 0.2) is 0 Å². The lowest BCUT2D eigenvalue weighted by Crippen LogP contribution is -2.57. The number of amides is 1. The van der Waals surface area contributed by atoms with Gasteiger partial charge in [-0.2, -0.15) is 0 Å². The second-order valence-electron chi connectivity index (χ2n) is 5.54. The molecular formula is C14H24N2O3. The van der Waals surface area contributed by atoms with E-state index < -0.39 is 5.54 Å². The van der Waals surface area contributed by atoms with Crippen molar-refractivity contribution in [2.75, 3.05) is 20.2 Å².